The van der Waals surface area contributed by atoms with Crippen LogP contribution >= 0.6 is 0 Å². The van der Waals surface area contributed by atoms with Gasteiger partial charge in [0, 0.05) is 13.1 Å². The van der Waals surface area contributed by atoms with Gasteiger partial charge in [-0.05, 0) is 55.0 Å². The number of urea groups is 1. The van der Waals surface area contributed by atoms with Crippen LogP contribution in [0.3, 0.4) is 0 Å². The molecule has 0 spiro atoms. The predicted octanol–water partition coefficient (Wildman–Crippen LogP) is 4.02. The lowest BCUT2D eigenvalue weighted by Gasteiger charge is -2.29. The van der Waals surface area contributed by atoms with Gasteiger partial charge in [-0.1, -0.05) is 30.3 Å². The van der Waals surface area contributed by atoms with E-state index in [-0.39, 0.29) is 18.9 Å². The first kappa shape index (κ1) is 16.8. The van der Waals surface area contributed by atoms with Gasteiger partial charge in [-0.3, -0.25) is 0 Å². The monoisotopic (exact) mass is 352 g/mol. The first-order valence-corrected chi connectivity index (χ1v) is 9.26. The first-order valence-electron chi connectivity index (χ1n) is 9.26. The number of rotatable bonds is 4. The molecule has 0 fully saturated rings. The van der Waals surface area contributed by atoms with Crippen LogP contribution in [0.15, 0.2) is 42.5 Å². The molecule has 0 radical (unpaired) electrons. The van der Waals surface area contributed by atoms with E-state index in [2.05, 4.69) is 23.5 Å². The van der Waals surface area contributed by atoms with E-state index < -0.39 is 0 Å². The highest BCUT2D eigenvalue weighted by molar-refractivity contribution is 5.75. The molecule has 136 valence electrons. The summed E-state index contributed by atoms with van der Waals surface area (Å²) in [6, 6.07) is 14.3. The zero-order valence-corrected chi connectivity index (χ0v) is 15.0. The molecular weight excluding hydrogens is 328 g/mol. The van der Waals surface area contributed by atoms with Gasteiger partial charge in [-0.2, -0.15) is 0 Å². The summed E-state index contributed by atoms with van der Waals surface area (Å²) < 4.78 is 10.8. The fourth-order valence-corrected chi connectivity index (χ4v) is 3.73. The van der Waals surface area contributed by atoms with Crippen molar-refractivity contribution in [3.63, 3.8) is 0 Å². The fraction of sp³-hybridized carbons (Fsp3) is 0.381. The van der Waals surface area contributed by atoms with E-state index in [0.29, 0.717) is 13.1 Å². The summed E-state index contributed by atoms with van der Waals surface area (Å²) in [5, 5.41) is 3.23. The van der Waals surface area contributed by atoms with Crippen molar-refractivity contribution in [3.8, 4) is 11.5 Å². The molecule has 0 aromatic heterocycles. The molecule has 5 nitrogen and oxygen atoms in total. The summed E-state index contributed by atoms with van der Waals surface area (Å²) in [7, 11) is 0. The third-order valence-corrected chi connectivity index (χ3v) is 5.15. The minimum Gasteiger partial charge on any atom is -0.454 e. The predicted molar refractivity (Wildman–Crippen MR) is 99.3 cm³/mol. The van der Waals surface area contributed by atoms with Crippen molar-refractivity contribution in [3.05, 3.63) is 59.2 Å². The number of amides is 2. The highest BCUT2D eigenvalue weighted by atomic mass is 16.7. The third kappa shape index (κ3) is 3.34. The molecule has 0 bridgehead atoms. The molecule has 1 N–H and O–H groups in total. The SMILES string of the molecule is CCN(Cc1ccc2c(c1)OCO2)C(=O)NC1CCCc2ccccc21. The maximum Gasteiger partial charge on any atom is 0.318 e. The van der Waals surface area contributed by atoms with Crippen LogP contribution in [0.5, 0.6) is 11.5 Å². The van der Waals surface area contributed by atoms with Gasteiger partial charge in [-0.25, -0.2) is 4.79 Å². The fourth-order valence-electron chi connectivity index (χ4n) is 3.73. The highest BCUT2D eigenvalue weighted by Gasteiger charge is 2.24. The van der Waals surface area contributed by atoms with Gasteiger partial charge in [0.2, 0.25) is 6.79 Å². The summed E-state index contributed by atoms with van der Waals surface area (Å²) in [4.78, 5) is 14.7. The van der Waals surface area contributed by atoms with E-state index >= 15 is 0 Å². The second-order valence-corrected chi connectivity index (χ2v) is 6.79. The number of aryl methyl sites for hydroxylation is 1. The molecule has 2 aromatic rings. The van der Waals surface area contributed by atoms with Gasteiger partial charge in [0.1, 0.15) is 0 Å². The summed E-state index contributed by atoms with van der Waals surface area (Å²) >= 11 is 0. The van der Waals surface area contributed by atoms with Crippen molar-refractivity contribution in [2.24, 2.45) is 0 Å². The van der Waals surface area contributed by atoms with Gasteiger partial charge in [-0.15, -0.1) is 0 Å². The van der Waals surface area contributed by atoms with Crippen LogP contribution in [0.4, 0.5) is 4.79 Å². The lowest BCUT2D eigenvalue weighted by Crippen LogP contribution is -2.42. The van der Waals surface area contributed by atoms with E-state index in [1.165, 1.54) is 11.1 Å². The minimum atomic E-state index is -0.0214. The normalized spacial score (nSPS) is 17.5. The Hall–Kier alpha value is -2.69. The van der Waals surface area contributed by atoms with Crippen LogP contribution in [0.1, 0.15) is 42.5 Å². The molecule has 0 saturated carbocycles. The number of ether oxygens (including phenoxy) is 2. The number of hydrogen-bond acceptors (Lipinski definition) is 3. The molecule has 5 heteroatoms. The molecule has 2 amide bonds. The average molecular weight is 352 g/mol. The Bertz CT molecular complexity index is 806. The molecule has 1 heterocycles. The maximum atomic E-state index is 12.8. The van der Waals surface area contributed by atoms with Crippen LogP contribution in [0.25, 0.3) is 0 Å². The topological polar surface area (TPSA) is 50.8 Å². The average Bonchev–Trinajstić information content (AvgIpc) is 3.14. The van der Waals surface area contributed by atoms with E-state index in [1.54, 1.807) is 0 Å². The first-order chi connectivity index (χ1) is 12.7. The van der Waals surface area contributed by atoms with E-state index in [1.807, 2.05) is 36.1 Å². The lowest BCUT2D eigenvalue weighted by atomic mass is 9.88. The molecule has 1 aliphatic heterocycles. The van der Waals surface area contributed by atoms with Crippen molar-refractivity contribution in [1.82, 2.24) is 10.2 Å². The van der Waals surface area contributed by atoms with Crippen molar-refractivity contribution in [2.45, 2.75) is 38.8 Å². The van der Waals surface area contributed by atoms with Gasteiger partial charge in [0.25, 0.3) is 0 Å². The summed E-state index contributed by atoms with van der Waals surface area (Å²) in [5.41, 5.74) is 3.64. The van der Waals surface area contributed by atoms with Crippen LogP contribution in [0, 0.1) is 0 Å². The Labute approximate surface area is 153 Å². The van der Waals surface area contributed by atoms with Crippen molar-refractivity contribution in [2.75, 3.05) is 13.3 Å². The Kier molecular flexibility index (Phi) is 4.69. The van der Waals surface area contributed by atoms with E-state index in [4.69, 9.17) is 9.47 Å². The number of fused-ring (bicyclic) bond motifs is 2. The molecule has 0 saturated heterocycles. The standard InChI is InChI=1S/C21H24N2O3/c1-2-23(13-15-10-11-19-20(12-15)26-14-25-19)21(24)22-18-9-5-7-16-6-3-4-8-17(16)18/h3-4,6,8,10-12,18H,2,5,7,9,13-14H2,1H3,(H,22,24). The number of hydrogen-bond donors (Lipinski definition) is 1. The van der Waals surface area contributed by atoms with E-state index in [0.717, 1.165) is 36.3 Å². The second kappa shape index (κ2) is 7.28. The third-order valence-electron chi connectivity index (χ3n) is 5.15. The zero-order chi connectivity index (χ0) is 17.9. The maximum absolute atomic E-state index is 12.8. The molecule has 2 aliphatic rings. The quantitative estimate of drug-likeness (QED) is 0.904. The second-order valence-electron chi connectivity index (χ2n) is 6.79. The molecule has 1 atom stereocenters. The number of benzene rings is 2. The van der Waals surface area contributed by atoms with Crippen LogP contribution < -0.4 is 14.8 Å². The Morgan fingerprint density at radius 2 is 2.04 bits per heavy atom. The lowest BCUT2D eigenvalue weighted by molar-refractivity contribution is 0.173. The van der Waals surface area contributed by atoms with Crippen LogP contribution in [0.2, 0.25) is 0 Å². The van der Waals surface area contributed by atoms with Crippen LogP contribution in [-0.2, 0) is 13.0 Å². The van der Waals surface area contributed by atoms with Crippen molar-refractivity contribution >= 4 is 6.03 Å². The Morgan fingerprint density at radius 3 is 2.92 bits per heavy atom. The van der Waals surface area contributed by atoms with Gasteiger partial charge in [0.15, 0.2) is 11.5 Å². The molecule has 26 heavy (non-hydrogen) atoms. The summed E-state index contributed by atoms with van der Waals surface area (Å²) in [6.07, 6.45) is 3.19. The highest BCUT2D eigenvalue weighted by Crippen LogP contribution is 2.33. The largest absolute Gasteiger partial charge is 0.454 e. The number of nitrogens with one attached hydrogen (secondary N) is 1. The van der Waals surface area contributed by atoms with Crippen LogP contribution in [-0.4, -0.2) is 24.3 Å². The Balaban J connectivity index is 1.45. The number of carbonyl (C=O) groups is 1. The number of nitrogens with zero attached hydrogens (tertiary/aromatic N) is 1. The molecule has 1 unspecified atom stereocenters. The molecule has 4 rings (SSSR count). The summed E-state index contributed by atoms with van der Waals surface area (Å²) in [5.74, 6) is 1.51. The zero-order valence-electron chi connectivity index (χ0n) is 15.0. The van der Waals surface area contributed by atoms with Gasteiger partial charge in [0.05, 0.1) is 6.04 Å². The molecular formula is C21H24N2O3. The molecule has 2 aromatic carbocycles. The number of carbonyl (C=O) groups excluding carboxylic acids is 1. The minimum absolute atomic E-state index is 0.0214. The van der Waals surface area contributed by atoms with E-state index in [9.17, 15) is 4.79 Å². The smallest absolute Gasteiger partial charge is 0.318 e. The summed E-state index contributed by atoms with van der Waals surface area (Å²) in [6.45, 7) is 3.46. The van der Waals surface area contributed by atoms with Crippen molar-refractivity contribution < 1.29 is 14.3 Å². The van der Waals surface area contributed by atoms with Gasteiger partial charge >= 0.3 is 6.03 Å². The molecule has 1 aliphatic carbocycles. The Morgan fingerprint density at radius 1 is 1.19 bits per heavy atom. The van der Waals surface area contributed by atoms with Crippen molar-refractivity contribution in [1.29, 1.82) is 0 Å². The van der Waals surface area contributed by atoms with Gasteiger partial charge < -0.3 is 19.7 Å².